The summed E-state index contributed by atoms with van der Waals surface area (Å²) in [6.45, 7) is -3.42. The SMILES string of the molecule is [2H]C([2H])([2H])C([2H])([2H])C([2H])([2H])C([2H])([2H])C(=O)OC. The molecule has 0 rings (SSSR count). The van der Waals surface area contributed by atoms with E-state index >= 15 is 0 Å². The van der Waals surface area contributed by atoms with Gasteiger partial charge in [0, 0.05) is 18.7 Å². The first-order chi connectivity index (χ1) is 7.23. The predicted molar refractivity (Wildman–Crippen MR) is 31.5 cm³/mol. The van der Waals surface area contributed by atoms with Crippen molar-refractivity contribution in [3.63, 3.8) is 0 Å². The molecule has 0 unspecified atom stereocenters. The zero-order valence-corrected chi connectivity index (χ0v) is 4.32. The Labute approximate surface area is 62.5 Å². The first-order valence-electron chi connectivity index (χ1n) is 6.32. The van der Waals surface area contributed by atoms with Gasteiger partial charge in [-0.1, -0.05) is 13.2 Å². The van der Waals surface area contributed by atoms with Gasteiger partial charge in [-0.05, 0) is 6.37 Å². The molecule has 2 nitrogen and oxygen atoms in total. The van der Waals surface area contributed by atoms with E-state index in [4.69, 9.17) is 12.3 Å². The largest absolute Gasteiger partial charge is 0.469 e. The molecule has 0 aliphatic carbocycles. The lowest BCUT2D eigenvalue weighted by atomic mass is 10.3. The smallest absolute Gasteiger partial charge is 0.305 e. The minimum atomic E-state index is -3.57. The molecule has 0 N–H and O–H groups in total. The summed E-state index contributed by atoms with van der Waals surface area (Å²) in [4.78, 5) is 11.1. The van der Waals surface area contributed by atoms with Crippen molar-refractivity contribution in [1.82, 2.24) is 0 Å². The fraction of sp³-hybridized carbons (Fsp3) is 0.833. The molecular formula is C6H12O2. The maximum atomic E-state index is 11.1. The van der Waals surface area contributed by atoms with Crippen LogP contribution in [-0.2, 0) is 9.53 Å². The Hall–Kier alpha value is -0.530. The van der Waals surface area contributed by atoms with Gasteiger partial charge in [0.25, 0.3) is 0 Å². The van der Waals surface area contributed by atoms with E-state index in [9.17, 15) is 4.79 Å². The Bertz CT molecular complexity index is 305. The maximum Gasteiger partial charge on any atom is 0.305 e. The highest BCUT2D eigenvalue weighted by molar-refractivity contribution is 5.68. The molecule has 0 fully saturated rings. The first kappa shape index (κ1) is 1.31. The quantitative estimate of drug-likeness (QED) is 0.532. The van der Waals surface area contributed by atoms with Crippen molar-refractivity contribution < 1.29 is 21.9 Å². The number of rotatable bonds is 3. The molecule has 2 heteroatoms. The average Bonchev–Trinajstić information content (AvgIpc) is 2.13. The van der Waals surface area contributed by atoms with Crippen LogP contribution in [0.25, 0.3) is 0 Å². The maximum absolute atomic E-state index is 11.1. The molecular weight excluding hydrogens is 104 g/mol. The minimum absolute atomic E-state index is 0.793. The van der Waals surface area contributed by atoms with Gasteiger partial charge in [0.1, 0.15) is 0 Å². The standard InChI is InChI=1S/C6H12O2/c1-3-4-5-6(7)8-2/h3-5H2,1-2H3/i1D3,3D2,4D2,5D2. The van der Waals surface area contributed by atoms with E-state index in [2.05, 4.69) is 4.74 Å². The lowest BCUT2D eigenvalue weighted by Gasteiger charge is -1.93. The van der Waals surface area contributed by atoms with Gasteiger partial charge in [0.2, 0.25) is 0 Å². The summed E-state index contributed by atoms with van der Waals surface area (Å²) in [5.74, 6) is -1.67. The van der Waals surface area contributed by atoms with Crippen molar-refractivity contribution in [2.24, 2.45) is 0 Å². The third-order valence-corrected chi connectivity index (χ3v) is 0.412. The number of esters is 1. The van der Waals surface area contributed by atoms with Crippen molar-refractivity contribution in [3.05, 3.63) is 0 Å². The topological polar surface area (TPSA) is 26.3 Å². The molecule has 0 aromatic rings. The number of hydrogen-bond donors (Lipinski definition) is 0. The van der Waals surface area contributed by atoms with Gasteiger partial charge >= 0.3 is 5.97 Å². The Morgan fingerprint density at radius 2 is 2.75 bits per heavy atom. The van der Waals surface area contributed by atoms with Crippen LogP contribution >= 0.6 is 0 Å². The number of hydrogen-bond acceptors (Lipinski definition) is 2. The van der Waals surface area contributed by atoms with Gasteiger partial charge in [-0.25, -0.2) is 0 Å². The van der Waals surface area contributed by atoms with E-state index < -0.39 is 31.9 Å². The lowest BCUT2D eigenvalue weighted by molar-refractivity contribution is -0.140. The Balaban J connectivity index is 5.63. The van der Waals surface area contributed by atoms with Crippen LogP contribution in [0, 0.1) is 0 Å². The second-order valence-electron chi connectivity index (χ2n) is 0.867. The number of ether oxygens (including phenoxy) is 1. The minimum Gasteiger partial charge on any atom is -0.469 e. The first-order valence-corrected chi connectivity index (χ1v) is 1.82. The third kappa shape index (κ3) is 3.65. The zero-order valence-electron chi connectivity index (χ0n) is 13.3. The van der Waals surface area contributed by atoms with Crippen molar-refractivity contribution in [2.75, 3.05) is 7.11 Å². The Morgan fingerprint density at radius 1 is 2.00 bits per heavy atom. The van der Waals surface area contributed by atoms with Gasteiger partial charge in [-0.15, -0.1) is 0 Å². The molecule has 0 aliphatic rings. The van der Waals surface area contributed by atoms with Crippen LogP contribution in [-0.4, -0.2) is 13.1 Å². The van der Waals surface area contributed by atoms with Crippen molar-refractivity contribution in [3.8, 4) is 0 Å². The van der Waals surface area contributed by atoms with E-state index in [1.807, 2.05) is 0 Å². The van der Waals surface area contributed by atoms with Gasteiger partial charge in [-0.2, -0.15) is 0 Å². The van der Waals surface area contributed by atoms with Crippen LogP contribution in [0.1, 0.15) is 38.3 Å². The number of carbonyl (C=O) groups is 1. The summed E-state index contributed by atoms with van der Waals surface area (Å²) in [6.07, 6.45) is -10.5. The molecule has 0 aromatic carbocycles. The van der Waals surface area contributed by atoms with Gasteiger partial charge in [0.05, 0.1) is 7.11 Å². The lowest BCUT2D eigenvalue weighted by Crippen LogP contribution is -1.98. The second-order valence-corrected chi connectivity index (χ2v) is 0.867. The summed E-state index contributed by atoms with van der Waals surface area (Å²) in [6, 6.07) is 0. The Morgan fingerprint density at radius 3 is 3.25 bits per heavy atom. The number of methoxy groups -OCH3 is 1. The molecule has 48 valence electrons. The molecule has 0 heterocycles. The zero-order chi connectivity index (χ0) is 14.3. The Kier molecular flexibility index (Phi) is 0.755. The second kappa shape index (κ2) is 4.62. The normalized spacial score (nSPS) is 32.4. The van der Waals surface area contributed by atoms with Crippen LogP contribution in [0.3, 0.4) is 0 Å². The van der Waals surface area contributed by atoms with Crippen molar-refractivity contribution in [1.29, 1.82) is 0 Å². The van der Waals surface area contributed by atoms with E-state index in [0.717, 1.165) is 7.11 Å². The number of carbonyl (C=O) groups excluding carboxylic acids is 1. The van der Waals surface area contributed by atoms with Crippen LogP contribution in [0.15, 0.2) is 0 Å². The molecule has 0 bridgehead atoms. The summed E-state index contributed by atoms with van der Waals surface area (Å²) in [5, 5.41) is 0. The molecule has 0 spiro atoms. The van der Waals surface area contributed by atoms with E-state index in [-0.39, 0.29) is 0 Å². The monoisotopic (exact) mass is 125 g/mol. The van der Waals surface area contributed by atoms with E-state index in [0.29, 0.717) is 0 Å². The highest BCUT2D eigenvalue weighted by Gasteiger charge is 1.95. The van der Waals surface area contributed by atoms with Gasteiger partial charge in [0.15, 0.2) is 0 Å². The average molecular weight is 125 g/mol. The predicted octanol–water partition coefficient (Wildman–Crippen LogP) is 1.35. The summed E-state index contributed by atoms with van der Waals surface area (Å²) in [5.41, 5.74) is 0. The molecule has 0 aromatic heterocycles. The molecule has 0 atom stereocenters. The van der Waals surface area contributed by atoms with E-state index in [1.165, 1.54) is 0 Å². The van der Waals surface area contributed by atoms with Crippen molar-refractivity contribution >= 4 is 5.97 Å². The summed E-state index contributed by atoms with van der Waals surface area (Å²) < 4.78 is 67.9. The molecule has 0 radical (unpaired) electrons. The molecule has 8 heavy (non-hydrogen) atoms. The molecule has 0 saturated carbocycles. The van der Waals surface area contributed by atoms with Gasteiger partial charge in [-0.3, -0.25) is 4.79 Å². The summed E-state index contributed by atoms with van der Waals surface area (Å²) in [7, 11) is 0.793. The van der Waals surface area contributed by atoms with Crippen LogP contribution < -0.4 is 0 Å². The van der Waals surface area contributed by atoms with E-state index in [1.54, 1.807) is 0 Å². The molecule has 0 aliphatic heterocycles. The van der Waals surface area contributed by atoms with Crippen molar-refractivity contribution in [2.45, 2.75) is 26.0 Å². The molecule has 0 amide bonds. The fourth-order valence-electron chi connectivity index (χ4n) is 0.133. The fourth-order valence-corrected chi connectivity index (χ4v) is 0.133. The van der Waals surface area contributed by atoms with Crippen LogP contribution in [0.2, 0.25) is 0 Å². The highest BCUT2D eigenvalue weighted by Crippen LogP contribution is 1.94. The van der Waals surface area contributed by atoms with Crippen LogP contribution in [0.5, 0.6) is 0 Å². The third-order valence-electron chi connectivity index (χ3n) is 0.412. The summed E-state index contributed by atoms with van der Waals surface area (Å²) >= 11 is 0. The van der Waals surface area contributed by atoms with Crippen LogP contribution in [0.4, 0.5) is 0 Å². The molecule has 0 saturated heterocycles. The highest BCUT2D eigenvalue weighted by atomic mass is 16.5. The van der Waals surface area contributed by atoms with Gasteiger partial charge < -0.3 is 4.74 Å².